The Balaban J connectivity index is 1.64. The van der Waals surface area contributed by atoms with Gasteiger partial charge >= 0.3 is 6.03 Å². The molecule has 24 heavy (non-hydrogen) atoms. The van der Waals surface area contributed by atoms with Crippen molar-refractivity contribution in [1.82, 2.24) is 10.6 Å². The van der Waals surface area contributed by atoms with Gasteiger partial charge in [-0.05, 0) is 43.0 Å². The van der Waals surface area contributed by atoms with Crippen molar-refractivity contribution in [2.75, 3.05) is 19.7 Å². The number of carbonyl (C=O) groups is 1. The first-order chi connectivity index (χ1) is 11.6. The van der Waals surface area contributed by atoms with Crippen LogP contribution in [0, 0.1) is 19.7 Å². The van der Waals surface area contributed by atoms with Crippen molar-refractivity contribution < 1.29 is 13.9 Å². The average molecular weight is 330 g/mol. The number of urea groups is 1. The lowest BCUT2D eigenvalue weighted by molar-refractivity contribution is 0.236. The first-order valence-electron chi connectivity index (χ1n) is 8.02. The van der Waals surface area contributed by atoms with E-state index >= 15 is 0 Å². The number of para-hydroxylation sites is 1. The van der Waals surface area contributed by atoms with Gasteiger partial charge in [-0.15, -0.1) is 0 Å². The van der Waals surface area contributed by atoms with Gasteiger partial charge in [-0.3, -0.25) is 0 Å². The van der Waals surface area contributed by atoms with E-state index in [1.807, 2.05) is 32.0 Å². The highest BCUT2D eigenvalue weighted by Crippen LogP contribution is 2.21. The van der Waals surface area contributed by atoms with E-state index in [0.29, 0.717) is 31.7 Å². The van der Waals surface area contributed by atoms with Gasteiger partial charge in [-0.1, -0.05) is 36.4 Å². The standard InChI is InChI=1S/C19H23FN2O2/c1-14-6-5-7-15(2)18(14)24-13-12-22-19(23)21-11-10-16-8-3-4-9-17(16)20/h3-9H,10-13H2,1-2H3,(H2,21,22,23). The molecule has 0 saturated heterocycles. The predicted molar refractivity (Wildman–Crippen MR) is 92.9 cm³/mol. The number of nitrogens with one attached hydrogen (secondary N) is 2. The minimum absolute atomic E-state index is 0.248. The largest absolute Gasteiger partial charge is 0.491 e. The van der Waals surface area contributed by atoms with Gasteiger partial charge in [0.05, 0.1) is 6.54 Å². The first-order valence-corrected chi connectivity index (χ1v) is 8.02. The molecule has 0 saturated carbocycles. The molecule has 0 aliphatic carbocycles. The summed E-state index contributed by atoms with van der Waals surface area (Å²) in [5, 5.41) is 5.43. The van der Waals surface area contributed by atoms with E-state index in [1.54, 1.807) is 18.2 Å². The second-order valence-electron chi connectivity index (χ2n) is 5.59. The van der Waals surface area contributed by atoms with Gasteiger partial charge in [0.25, 0.3) is 0 Å². The van der Waals surface area contributed by atoms with Crippen LogP contribution < -0.4 is 15.4 Å². The predicted octanol–water partition coefficient (Wildman–Crippen LogP) is 3.36. The zero-order valence-corrected chi connectivity index (χ0v) is 14.1. The monoisotopic (exact) mass is 330 g/mol. The molecule has 2 aromatic rings. The molecule has 0 aliphatic rings. The number of ether oxygens (including phenoxy) is 1. The number of halogens is 1. The van der Waals surface area contributed by atoms with Crippen LogP contribution in [-0.2, 0) is 6.42 Å². The van der Waals surface area contributed by atoms with Crippen molar-refractivity contribution >= 4 is 6.03 Å². The summed E-state index contributed by atoms with van der Waals surface area (Å²) < 4.78 is 19.2. The Labute approximate surface area is 142 Å². The van der Waals surface area contributed by atoms with E-state index in [0.717, 1.165) is 16.9 Å². The minimum atomic E-state index is -0.281. The summed E-state index contributed by atoms with van der Waals surface area (Å²) in [6, 6.07) is 12.2. The van der Waals surface area contributed by atoms with Crippen molar-refractivity contribution in [3.8, 4) is 5.75 Å². The van der Waals surface area contributed by atoms with Crippen LogP contribution in [0.2, 0.25) is 0 Å². The zero-order chi connectivity index (χ0) is 17.4. The smallest absolute Gasteiger partial charge is 0.314 e. The summed E-state index contributed by atoms with van der Waals surface area (Å²) in [4.78, 5) is 11.7. The Kier molecular flexibility index (Phi) is 6.61. The SMILES string of the molecule is Cc1cccc(C)c1OCCNC(=O)NCCc1ccccc1F. The summed E-state index contributed by atoms with van der Waals surface area (Å²) in [6.45, 7) is 5.16. The van der Waals surface area contributed by atoms with Crippen molar-refractivity contribution in [2.45, 2.75) is 20.3 Å². The van der Waals surface area contributed by atoms with Crippen LogP contribution in [0.4, 0.5) is 9.18 Å². The molecule has 2 N–H and O–H groups in total. The number of aryl methyl sites for hydroxylation is 2. The van der Waals surface area contributed by atoms with Gasteiger partial charge in [0.1, 0.15) is 18.2 Å². The Morgan fingerprint density at radius 1 is 1.00 bits per heavy atom. The molecule has 5 heteroatoms. The molecule has 4 nitrogen and oxygen atoms in total. The molecule has 0 radical (unpaired) electrons. The van der Waals surface area contributed by atoms with Crippen LogP contribution in [0.1, 0.15) is 16.7 Å². The van der Waals surface area contributed by atoms with E-state index in [2.05, 4.69) is 10.6 Å². The summed E-state index contributed by atoms with van der Waals surface area (Å²) in [5.74, 6) is 0.612. The summed E-state index contributed by atoms with van der Waals surface area (Å²) in [7, 11) is 0. The molecule has 0 unspecified atom stereocenters. The normalized spacial score (nSPS) is 10.3. The average Bonchev–Trinajstić information content (AvgIpc) is 2.55. The topological polar surface area (TPSA) is 50.4 Å². The molecule has 2 amide bonds. The lowest BCUT2D eigenvalue weighted by Gasteiger charge is -2.12. The highest BCUT2D eigenvalue weighted by molar-refractivity contribution is 5.73. The second kappa shape index (κ2) is 8.91. The molecule has 0 spiro atoms. The van der Waals surface area contributed by atoms with E-state index in [4.69, 9.17) is 4.74 Å². The Morgan fingerprint density at radius 2 is 1.67 bits per heavy atom. The number of benzene rings is 2. The summed E-state index contributed by atoms with van der Waals surface area (Å²) >= 11 is 0. The van der Waals surface area contributed by atoms with Gasteiger partial charge in [0, 0.05) is 6.54 Å². The molecule has 0 atom stereocenters. The molecule has 2 aromatic carbocycles. The number of hydrogen-bond donors (Lipinski definition) is 2. The maximum Gasteiger partial charge on any atom is 0.314 e. The zero-order valence-electron chi connectivity index (χ0n) is 14.1. The maximum atomic E-state index is 13.4. The van der Waals surface area contributed by atoms with Gasteiger partial charge in [-0.2, -0.15) is 0 Å². The molecule has 0 heterocycles. The Bertz CT molecular complexity index is 669. The fourth-order valence-electron chi connectivity index (χ4n) is 2.42. The van der Waals surface area contributed by atoms with Crippen LogP contribution in [0.5, 0.6) is 5.75 Å². The minimum Gasteiger partial charge on any atom is -0.491 e. The third-order valence-electron chi connectivity index (χ3n) is 3.68. The summed E-state index contributed by atoms with van der Waals surface area (Å²) in [5.41, 5.74) is 2.74. The molecule has 0 aliphatic heterocycles. The number of hydrogen-bond acceptors (Lipinski definition) is 2. The molecule has 2 rings (SSSR count). The van der Waals surface area contributed by atoms with Gasteiger partial charge in [-0.25, -0.2) is 9.18 Å². The number of rotatable bonds is 7. The van der Waals surface area contributed by atoms with Crippen LogP contribution in [0.25, 0.3) is 0 Å². The molecule has 0 aromatic heterocycles. The van der Waals surface area contributed by atoms with E-state index < -0.39 is 0 Å². The maximum absolute atomic E-state index is 13.4. The Hall–Kier alpha value is -2.56. The first kappa shape index (κ1) is 17.8. The molecule has 0 bridgehead atoms. The van der Waals surface area contributed by atoms with Crippen molar-refractivity contribution in [3.63, 3.8) is 0 Å². The third-order valence-corrected chi connectivity index (χ3v) is 3.68. The van der Waals surface area contributed by atoms with E-state index in [-0.39, 0.29) is 11.8 Å². The van der Waals surface area contributed by atoms with Gasteiger partial charge in [0.2, 0.25) is 0 Å². The number of carbonyl (C=O) groups excluding carboxylic acids is 1. The van der Waals surface area contributed by atoms with Crippen molar-refractivity contribution in [1.29, 1.82) is 0 Å². The fourth-order valence-corrected chi connectivity index (χ4v) is 2.42. The quantitative estimate of drug-likeness (QED) is 0.765. The van der Waals surface area contributed by atoms with E-state index in [9.17, 15) is 9.18 Å². The molecular formula is C19H23FN2O2. The van der Waals surface area contributed by atoms with Crippen LogP contribution >= 0.6 is 0 Å². The van der Waals surface area contributed by atoms with Gasteiger partial charge in [0.15, 0.2) is 0 Å². The lowest BCUT2D eigenvalue weighted by Crippen LogP contribution is -2.38. The fraction of sp³-hybridized carbons (Fsp3) is 0.316. The second-order valence-corrected chi connectivity index (χ2v) is 5.59. The van der Waals surface area contributed by atoms with Crippen molar-refractivity contribution in [2.24, 2.45) is 0 Å². The van der Waals surface area contributed by atoms with E-state index in [1.165, 1.54) is 6.07 Å². The van der Waals surface area contributed by atoms with Gasteiger partial charge < -0.3 is 15.4 Å². The lowest BCUT2D eigenvalue weighted by atomic mass is 10.1. The summed E-state index contributed by atoms with van der Waals surface area (Å²) in [6.07, 6.45) is 0.457. The highest BCUT2D eigenvalue weighted by atomic mass is 19.1. The Morgan fingerprint density at radius 3 is 2.38 bits per heavy atom. The van der Waals surface area contributed by atoms with Crippen LogP contribution in [0.3, 0.4) is 0 Å². The highest BCUT2D eigenvalue weighted by Gasteiger charge is 2.05. The third kappa shape index (κ3) is 5.26. The molecular weight excluding hydrogens is 307 g/mol. The molecule has 0 fully saturated rings. The van der Waals surface area contributed by atoms with Crippen LogP contribution in [0.15, 0.2) is 42.5 Å². The van der Waals surface area contributed by atoms with Crippen LogP contribution in [-0.4, -0.2) is 25.7 Å². The molecule has 128 valence electrons. The van der Waals surface area contributed by atoms with Crippen molar-refractivity contribution in [3.05, 3.63) is 65.0 Å². The number of amides is 2.